The van der Waals surface area contributed by atoms with Gasteiger partial charge < -0.3 is 15.3 Å². The van der Waals surface area contributed by atoms with E-state index in [2.05, 4.69) is 0 Å². The lowest BCUT2D eigenvalue weighted by molar-refractivity contribution is -0.137. The Morgan fingerprint density at radius 1 is 1.20 bits per heavy atom. The van der Waals surface area contributed by atoms with Gasteiger partial charge in [0.2, 0.25) is 0 Å². The van der Waals surface area contributed by atoms with Crippen LogP contribution in [-0.2, 0) is 6.18 Å². The fraction of sp³-hybridized carbons (Fsp3) is 0.125. The van der Waals surface area contributed by atoms with Crippen molar-refractivity contribution in [2.45, 2.75) is 6.18 Å². The number of hydrogen-bond acceptors (Lipinski definition) is 3. The molecule has 0 spiro atoms. The first-order chi connectivity index (χ1) is 6.73. The molecule has 0 atom stereocenters. The Morgan fingerprint density at radius 3 is 2.13 bits per heavy atom. The molecule has 0 aliphatic carbocycles. The topological polar surface area (TPSA) is 77.8 Å². The highest BCUT2D eigenvalue weighted by atomic mass is 19.4. The van der Waals surface area contributed by atoms with Crippen molar-refractivity contribution in [2.24, 2.45) is 0 Å². The van der Waals surface area contributed by atoms with Crippen molar-refractivity contribution in [1.29, 1.82) is 0 Å². The van der Waals surface area contributed by atoms with Gasteiger partial charge in [-0.3, -0.25) is 0 Å². The highest BCUT2D eigenvalue weighted by Crippen LogP contribution is 2.37. The van der Waals surface area contributed by atoms with Gasteiger partial charge >= 0.3 is 12.1 Å². The Labute approximate surface area is 81.2 Å². The zero-order valence-electron chi connectivity index (χ0n) is 7.04. The molecule has 7 heteroatoms. The number of alkyl halides is 3. The molecule has 0 aliphatic rings. The predicted molar refractivity (Wildman–Crippen MR) is 41.7 cm³/mol. The average molecular weight is 222 g/mol. The van der Waals surface area contributed by atoms with Crippen molar-refractivity contribution in [3.05, 3.63) is 23.3 Å². The summed E-state index contributed by atoms with van der Waals surface area (Å²) in [5.41, 5.74) is -2.34. The Bertz CT molecular complexity index is 411. The summed E-state index contributed by atoms with van der Waals surface area (Å²) in [6.45, 7) is 0. The van der Waals surface area contributed by atoms with Crippen molar-refractivity contribution in [3.63, 3.8) is 0 Å². The molecular formula is C8H5F3O4. The first-order valence-corrected chi connectivity index (χ1v) is 3.60. The second-order valence-corrected chi connectivity index (χ2v) is 2.69. The van der Waals surface area contributed by atoms with Crippen LogP contribution < -0.4 is 0 Å². The largest absolute Gasteiger partial charge is 0.504 e. The fourth-order valence-electron chi connectivity index (χ4n) is 0.946. The van der Waals surface area contributed by atoms with Crippen LogP contribution in [0.1, 0.15) is 15.9 Å². The number of carboxylic acids is 1. The van der Waals surface area contributed by atoms with Crippen molar-refractivity contribution in [1.82, 2.24) is 0 Å². The molecule has 0 fully saturated rings. The maximum absolute atomic E-state index is 12.2. The highest BCUT2D eigenvalue weighted by molar-refractivity contribution is 5.92. The average Bonchev–Trinajstić information content (AvgIpc) is 2.06. The zero-order chi connectivity index (χ0) is 11.8. The Balaban J connectivity index is 3.43. The molecule has 0 saturated carbocycles. The molecule has 1 aromatic rings. The summed E-state index contributed by atoms with van der Waals surface area (Å²) in [5.74, 6) is -3.97. The van der Waals surface area contributed by atoms with E-state index in [1.807, 2.05) is 0 Å². The minimum atomic E-state index is -4.78. The second-order valence-electron chi connectivity index (χ2n) is 2.69. The monoisotopic (exact) mass is 222 g/mol. The van der Waals surface area contributed by atoms with Crippen LogP contribution >= 0.6 is 0 Å². The van der Waals surface area contributed by atoms with Crippen molar-refractivity contribution >= 4 is 5.97 Å². The molecule has 1 rings (SSSR count). The van der Waals surface area contributed by atoms with Crippen LogP contribution in [0, 0.1) is 0 Å². The number of rotatable bonds is 1. The second kappa shape index (κ2) is 3.34. The molecule has 82 valence electrons. The minimum absolute atomic E-state index is 0.247. The SMILES string of the molecule is O=C(O)c1cc(C(F)(F)F)cc(O)c1O. The number of hydrogen-bond donors (Lipinski definition) is 3. The number of carboxylic acid groups (broad SMARTS) is 1. The molecule has 0 aromatic heterocycles. The van der Waals surface area contributed by atoms with Crippen LogP contribution in [0.5, 0.6) is 11.5 Å². The number of carbonyl (C=O) groups is 1. The first-order valence-electron chi connectivity index (χ1n) is 3.60. The Morgan fingerprint density at radius 2 is 1.73 bits per heavy atom. The molecule has 0 heterocycles. The number of aromatic hydroxyl groups is 2. The summed E-state index contributed by atoms with van der Waals surface area (Å²) < 4.78 is 36.5. The highest BCUT2D eigenvalue weighted by Gasteiger charge is 2.33. The molecular weight excluding hydrogens is 217 g/mol. The van der Waals surface area contributed by atoms with Gasteiger partial charge in [-0.2, -0.15) is 13.2 Å². The van der Waals surface area contributed by atoms with Gasteiger partial charge in [0.15, 0.2) is 11.5 Å². The lowest BCUT2D eigenvalue weighted by atomic mass is 10.1. The Hall–Kier alpha value is -1.92. The number of benzene rings is 1. The lowest BCUT2D eigenvalue weighted by Crippen LogP contribution is -2.07. The van der Waals surface area contributed by atoms with E-state index >= 15 is 0 Å². The number of halogens is 3. The fourth-order valence-corrected chi connectivity index (χ4v) is 0.946. The van der Waals surface area contributed by atoms with Crippen LogP contribution in [0.4, 0.5) is 13.2 Å². The summed E-state index contributed by atoms with van der Waals surface area (Å²) >= 11 is 0. The standard InChI is InChI=1S/C8H5F3O4/c9-8(10,11)3-1-4(7(14)15)6(13)5(12)2-3/h1-2,12-13H,(H,14,15). The van der Waals surface area contributed by atoms with Gasteiger partial charge in [0, 0.05) is 0 Å². The van der Waals surface area contributed by atoms with E-state index in [1.54, 1.807) is 0 Å². The van der Waals surface area contributed by atoms with Crippen LogP contribution in [0.3, 0.4) is 0 Å². The zero-order valence-corrected chi connectivity index (χ0v) is 7.04. The third-order valence-electron chi connectivity index (χ3n) is 1.65. The third kappa shape index (κ3) is 2.12. The van der Waals surface area contributed by atoms with Gasteiger partial charge in [-0.1, -0.05) is 0 Å². The van der Waals surface area contributed by atoms with Crippen molar-refractivity contribution in [2.75, 3.05) is 0 Å². The van der Waals surface area contributed by atoms with E-state index in [9.17, 15) is 18.0 Å². The Kier molecular flexibility index (Phi) is 2.48. The predicted octanol–water partition coefficient (Wildman–Crippen LogP) is 1.81. The third-order valence-corrected chi connectivity index (χ3v) is 1.65. The van der Waals surface area contributed by atoms with Gasteiger partial charge in [-0.05, 0) is 12.1 Å². The van der Waals surface area contributed by atoms with Crippen molar-refractivity contribution < 1.29 is 33.3 Å². The normalized spacial score (nSPS) is 11.4. The van der Waals surface area contributed by atoms with E-state index in [1.165, 1.54) is 0 Å². The molecule has 4 nitrogen and oxygen atoms in total. The number of phenolic OH excluding ortho intramolecular Hbond substituents is 1. The molecule has 3 N–H and O–H groups in total. The maximum atomic E-state index is 12.2. The first kappa shape index (κ1) is 11.2. The summed E-state index contributed by atoms with van der Waals surface area (Å²) in [4.78, 5) is 10.4. The van der Waals surface area contributed by atoms with E-state index in [0.717, 1.165) is 0 Å². The van der Waals surface area contributed by atoms with Crippen molar-refractivity contribution in [3.8, 4) is 11.5 Å². The van der Waals surface area contributed by atoms with Crippen LogP contribution in [0.15, 0.2) is 12.1 Å². The van der Waals surface area contributed by atoms with Crippen LogP contribution in [0.25, 0.3) is 0 Å². The summed E-state index contributed by atoms with van der Waals surface area (Å²) in [7, 11) is 0. The van der Waals surface area contributed by atoms with E-state index in [0.29, 0.717) is 0 Å². The quantitative estimate of drug-likeness (QED) is 0.633. The van der Waals surface area contributed by atoms with E-state index in [4.69, 9.17) is 15.3 Å². The van der Waals surface area contributed by atoms with Crippen LogP contribution in [0.2, 0.25) is 0 Å². The maximum Gasteiger partial charge on any atom is 0.416 e. The molecule has 0 aliphatic heterocycles. The molecule has 0 unspecified atom stereocenters. The van der Waals surface area contributed by atoms with Crippen LogP contribution in [-0.4, -0.2) is 21.3 Å². The molecule has 0 bridgehead atoms. The number of aromatic carboxylic acids is 1. The number of phenols is 2. The summed E-state index contributed by atoms with van der Waals surface area (Å²) in [5, 5.41) is 26.3. The molecule has 1 aromatic carbocycles. The van der Waals surface area contributed by atoms with E-state index in [-0.39, 0.29) is 12.1 Å². The molecule has 0 saturated heterocycles. The lowest BCUT2D eigenvalue weighted by Gasteiger charge is -2.09. The van der Waals surface area contributed by atoms with Gasteiger partial charge in [-0.15, -0.1) is 0 Å². The van der Waals surface area contributed by atoms with E-state index < -0.39 is 34.8 Å². The minimum Gasteiger partial charge on any atom is -0.504 e. The summed E-state index contributed by atoms with van der Waals surface area (Å²) in [6.07, 6.45) is -4.78. The van der Waals surface area contributed by atoms with Gasteiger partial charge in [0.25, 0.3) is 0 Å². The smallest absolute Gasteiger partial charge is 0.416 e. The van der Waals surface area contributed by atoms with Gasteiger partial charge in [-0.25, -0.2) is 4.79 Å². The van der Waals surface area contributed by atoms with Gasteiger partial charge in [0.05, 0.1) is 5.56 Å². The summed E-state index contributed by atoms with van der Waals surface area (Å²) in [6, 6.07) is 0.499. The molecule has 15 heavy (non-hydrogen) atoms. The molecule has 0 radical (unpaired) electrons. The van der Waals surface area contributed by atoms with Gasteiger partial charge in [0.1, 0.15) is 5.56 Å². The molecule has 0 amide bonds.